The Bertz CT molecular complexity index is 1010. The lowest BCUT2D eigenvalue weighted by Crippen LogP contribution is -2.34. The average Bonchev–Trinajstić information content (AvgIpc) is 2.53. The van der Waals surface area contributed by atoms with Crippen molar-refractivity contribution in [3.05, 3.63) is 62.0 Å². The van der Waals surface area contributed by atoms with E-state index in [1.807, 2.05) is 0 Å². The Labute approximate surface area is 158 Å². The third-order valence-electron chi connectivity index (χ3n) is 3.02. The minimum atomic E-state index is -4.32. The van der Waals surface area contributed by atoms with Crippen molar-refractivity contribution in [3.63, 3.8) is 0 Å². The van der Waals surface area contributed by atoms with Gasteiger partial charge in [0, 0.05) is 10.0 Å². The number of benzene rings is 1. The molecule has 1 aromatic carbocycles. The lowest BCUT2D eigenvalue weighted by molar-refractivity contribution is 0.0518. The fourth-order valence-corrected chi connectivity index (χ4v) is 3.59. The predicted octanol–water partition coefficient (Wildman–Crippen LogP) is 1.98. The summed E-state index contributed by atoms with van der Waals surface area (Å²) in [6.45, 7) is 1.69. The van der Waals surface area contributed by atoms with Gasteiger partial charge in [0.15, 0.2) is 0 Å². The van der Waals surface area contributed by atoms with Gasteiger partial charge in [-0.2, -0.15) is 0 Å². The first kappa shape index (κ1) is 20.0. The normalized spacial score (nSPS) is 11.0. The fourth-order valence-electron chi connectivity index (χ4n) is 1.90. The third-order valence-corrected chi connectivity index (χ3v) is 4.77. The van der Waals surface area contributed by atoms with Gasteiger partial charge in [0.25, 0.3) is 21.5 Å². The van der Waals surface area contributed by atoms with Gasteiger partial charge in [0.1, 0.15) is 11.3 Å². The number of amides is 1. The predicted molar refractivity (Wildman–Crippen MR) is 94.1 cm³/mol. The number of esters is 1. The summed E-state index contributed by atoms with van der Waals surface area (Å²) in [6.07, 6.45) is 0. The minimum Gasteiger partial charge on any atom is -0.461 e. The number of nitrogens with one attached hydrogen (secondary N) is 2. The number of halogens is 2. The first-order chi connectivity index (χ1) is 12.1. The maximum atomic E-state index is 12.3. The molecule has 2 N–H and O–H groups in total. The Morgan fingerprint density at radius 2 is 1.77 bits per heavy atom. The first-order valence-corrected chi connectivity index (χ1v) is 9.31. The molecular formula is C15H12Cl2N2O6S. The largest absolute Gasteiger partial charge is 0.461 e. The van der Waals surface area contributed by atoms with Crippen LogP contribution >= 0.6 is 23.2 Å². The van der Waals surface area contributed by atoms with Crippen LogP contribution in [0.4, 0.5) is 0 Å². The van der Waals surface area contributed by atoms with Crippen molar-refractivity contribution in [2.75, 3.05) is 6.61 Å². The van der Waals surface area contributed by atoms with Crippen LogP contribution in [-0.2, 0) is 14.8 Å². The summed E-state index contributed by atoms with van der Waals surface area (Å²) in [6, 6.07) is 5.66. The fraction of sp³-hybridized carbons (Fsp3) is 0.133. The average molecular weight is 419 g/mol. The Kier molecular flexibility index (Phi) is 6.06. The van der Waals surface area contributed by atoms with Gasteiger partial charge >= 0.3 is 5.97 Å². The molecule has 0 atom stereocenters. The molecule has 1 heterocycles. The molecule has 0 radical (unpaired) electrons. The molecule has 0 aliphatic heterocycles. The molecule has 11 heteroatoms. The van der Waals surface area contributed by atoms with E-state index in [0.717, 1.165) is 24.3 Å². The molecular weight excluding hydrogens is 407 g/mol. The van der Waals surface area contributed by atoms with E-state index in [2.05, 4.69) is 4.98 Å². The van der Waals surface area contributed by atoms with E-state index in [9.17, 15) is 22.8 Å². The van der Waals surface area contributed by atoms with E-state index in [1.54, 1.807) is 11.6 Å². The topological polar surface area (TPSA) is 122 Å². The molecule has 26 heavy (non-hydrogen) atoms. The molecule has 0 bridgehead atoms. The number of pyridine rings is 1. The van der Waals surface area contributed by atoms with Gasteiger partial charge in [0.2, 0.25) is 0 Å². The van der Waals surface area contributed by atoms with Gasteiger partial charge in [-0.05, 0) is 37.3 Å². The lowest BCUT2D eigenvalue weighted by atomic mass is 10.2. The standard InChI is InChI=1S/C15H12Cl2N2O6S/c1-2-25-15(22)12-4-3-11(13(20)18-12)14(21)19-26(23,24)10-6-8(16)5-9(17)7-10/h3-7H,2H2,1H3,(H,18,20)(H,19,21). The molecule has 1 aromatic heterocycles. The highest BCUT2D eigenvalue weighted by atomic mass is 35.5. The highest BCUT2D eigenvalue weighted by Crippen LogP contribution is 2.22. The van der Waals surface area contributed by atoms with Gasteiger partial charge in [0.05, 0.1) is 11.5 Å². The van der Waals surface area contributed by atoms with Crippen LogP contribution in [0.15, 0.2) is 40.0 Å². The monoisotopic (exact) mass is 418 g/mol. The van der Waals surface area contributed by atoms with E-state index in [4.69, 9.17) is 27.9 Å². The Morgan fingerprint density at radius 1 is 1.15 bits per heavy atom. The summed E-state index contributed by atoms with van der Waals surface area (Å²) in [5.41, 5.74) is -1.62. The summed E-state index contributed by atoms with van der Waals surface area (Å²) in [5.74, 6) is -1.96. The van der Waals surface area contributed by atoms with Crippen LogP contribution in [0.5, 0.6) is 0 Å². The number of carbonyl (C=O) groups excluding carboxylic acids is 2. The SMILES string of the molecule is CCOC(=O)c1ccc(C(=O)NS(=O)(=O)c2cc(Cl)cc(Cl)c2)c(=O)[nH]1. The molecule has 0 aliphatic carbocycles. The van der Waals surface area contributed by atoms with Crippen LogP contribution in [0, 0.1) is 0 Å². The molecule has 2 aromatic rings. The van der Waals surface area contributed by atoms with Crippen LogP contribution < -0.4 is 10.3 Å². The molecule has 2 rings (SSSR count). The van der Waals surface area contributed by atoms with Crippen molar-refractivity contribution in [2.24, 2.45) is 0 Å². The van der Waals surface area contributed by atoms with Crippen molar-refractivity contribution in [2.45, 2.75) is 11.8 Å². The Hall–Kier alpha value is -2.36. The number of aromatic nitrogens is 1. The summed E-state index contributed by atoms with van der Waals surface area (Å²) >= 11 is 11.5. The van der Waals surface area contributed by atoms with Gasteiger partial charge in [-0.3, -0.25) is 9.59 Å². The van der Waals surface area contributed by atoms with Gasteiger partial charge in [-0.1, -0.05) is 23.2 Å². The van der Waals surface area contributed by atoms with Crippen molar-refractivity contribution >= 4 is 45.1 Å². The van der Waals surface area contributed by atoms with Crippen LogP contribution in [0.2, 0.25) is 10.0 Å². The Balaban J connectivity index is 2.29. The van der Waals surface area contributed by atoms with Crippen molar-refractivity contribution in [1.82, 2.24) is 9.71 Å². The zero-order chi connectivity index (χ0) is 19.5. The van der Waals surface area contributed by atoms with Crippen LogP contribution in [0.25, 0.3) is 0 Å². The molecule has 0 saturated heterocycles. The number of hydrogen-bond acceptors (Lipinski definition) is 6. The summed E-state index contributed by atoms with van der Waals surface area (Å²) in [4.78, 5) is 37.5. The van der Waals surface area contributed by atoms with Crippen LogP contribution in [-0.4, -0.2) is 31.9 Å². The molecule has 138 valence electrons. The smallest absolute Gasteiger partial charge is 0.354 e. The second-order valence-electron chi connectivity index (χ2n) is 4.88. The van der Waals surface area contributed by atoms with Crippen LogP contribution in [0.1, 0.15) is 27.8 Å². The van der Waals surface area contributed by atoms with Gasteiger partial charge in [-0.25, -0.2) is 17.9 Å². The number of carbonyl (C=O) groups is 2. The van der Waals surface area contributed by atoms with Crippen molar-refractivity contribution in [3.8, 4) is 0 Å². The number of H-pyrrole nitrogens is 1. The third kappa shape index (κ3) is 4.63. The molecule has 0 spiro atoms. The van der Waals surface area contributed by atoms with E-state index in [0.29, 0.717) is 0 Å². The van der Waals surface area contributed by atoms with Crippen molar-refractivity contribution < 1.29 is 22.7 Å². The highest BCUT2D eigenvalue weighted by Gasteiger charge is 2.22. The molecule has 0 saturated carbocycles. The van der Waals surface area contributed by atoms with Gasteiger partial charge < -0.3 is 9.72 Å². The Morgan fingerprint density at radius 3 is 2.31 bits per heavy atom. The molecule has 0 aliphatic rings. The second-order valence-corrected chi connectivity index (χ2v) is 7.43. The molecule has 0 fully saturated rings. The summed E-state index contributed by atoms with van der Waals surface area (Å²) in [7, 11) is -4.32. The van der Waals surface area contributed by atoms with Crippen molar-refractivity contribution in [1.29, 1.82) is 0 Å². The van der Waals surface area contributed by atoms with E-state index in [-0.39, 0.29) is 27.2 Å². The molecule has 1 amide bonds. The number of ether oxygens (including phenoxy) is 1. The summed E-state index contributed by atoms with van der Waals surface area (Å²) in [5, 5.41) is 0.115. The number of rotatable bonds is 5. The molecule has 8 nitrogen and oxygen atoms in total. The van der Waals surface area contributed by atoms with E-state index >= 15 is 0 Å². The second kappa shape index (κ2) is 7.90. The lowest BCUT2D eigenvalue weighted by Gasteiger charge is -2.08. The number of sulfonamides is 1. The van der Waals surface area contributed by atoms with E-state index < -0.39 is 33.0 Å². The number of aromatic amines is 1. The number of hydrogen-bond donors (Lipinski definition) is 2. The van der Waals surface area contributed by atoms with Crippen LogP contribution in [0.3, 0.4) is 0 Å². The zero-order valence-electron chi connectivity index (χ0n) is 13.2. The van der Waals surface area contributed by atoms with Gasteiger partial charge in [-0.15, -0.1) is 0 Å². The maximum absolute atomic E-state index is 12.3. The molecule has 0 unspecified atom stereocenters. The van der Waals surface area contributed by atoms with E-state index in [1.165, 1.54) is 6.07 Å². The minimum absolute atomic E-state index is 0.0574. The zero-order valence-corrected chi connectivity index (χ0v) is 15.5. The highest BCUT2D eigenvalue weighted by molar-refractivity contribution is 7.90. The quantitative estimate of drug-likeness (QED) is 0.715. The summed E-state index contributed by atoms with van der Waals surface area (Å²) < 4.78 is 31.0. The first-order valence-electron chi connectivity index (χ1n) is 7.07. The maximum Gasteiger partial charge on any atom is 0.354 e.